The summed E-state index contributed by atoms with van der Waals surface area (Å²) in [6, 6.07) is 0. The number of hydrogen-bond acceptors (Lipinski definition) is 0. The first-order valence-corrected chi connectivity index (χ1v) is 9.52. The fourth-order valence-electron chi connectivity index (χ4n) is 4.45. The van der Waals surface area contributed by atoms with Gasteiger partial charge in [-0.15, -0.1) is 0 Å². The molecule has 0 N–H and O–H groups in total. The molecule has 1 unspecified atom stereocenters. The molecule has 0 aromatic heterocycles. The third-order valence-corrected chi connectivity index (χ3v) is 5.84. The maximum Gasteiger partial charge on any atom is -0.0203 e. The van der Waals surface area contributed by atoms with Gasteiger partial charge >= 0.3 is 0 Å². The topological polar surface area (TPSA) is 0 Å². The van der Waals surface area contributed by atoms with Gasteiger partial charge in [0.05, 0.1) is 0 Å². The molecule has 0 heterocycles. The molecular weight excluding hydrogens is 240 g/mol. The molecule has 0 nitrogen and oxygen atoms in total. The summed E-state index contributed by atoms with van der Waals surface area (Å²) in [4.78, 5) is 0. The molecule has 116 valence electrons. The Hall–Kier alpha value is -0.260. The lowest BCUT2D eigenvalue weighted by Gasteiger charge is -2.33. The molecule has 1 saturated carbocycles. The summed E-state index contributed by atoms with van der Waals surface area (Å²) in [5, 5.41) is 0. The van der Waals surface area contributed by atoms with E-state index >= 15 is 0 Å². The number of rotatable bonds is 7. The zero-order chi connectivity index (χ0) is 14.2. The molecule has 0 heteroatoms. The number of unbranched alkanes of at least 4 members (excludes halogenated alkanes) is 2. The average molecular weight is 277 g/mol. The van der Waals surface area contributed by atoms with E-state index < -0.39 is 0 Å². The van der Waals surface area contributed by atoms with Gasteiger partial charge in [-0.05, 0) is 62.7 Å². The summed E-state index contributed by atoms with van der Waals surface area (Å²) in [5.41, 5.74) is 1.85. The van der Waals surface area contributed by atoms with E-state index in [0.717, 1.165) is 17.8 Å². The zero-order valence-electron chi connectivity index (χ0n) is 14.0. The number of hydrogen-bond donors (Lipinski definition) is 0. The maximum absolute atomic E-state index is 2.66. The van der Waals surface area contributed by atoms with E-state index in [1.807, 2.05) is 5.57 Å². The van der Waals surface area contributed by atoms with Crippen LogP contribution in [0.4, 0.5) is 0 Å². The summed E-state index contributed by atoms with van der Waals surface area (Å²) in [5.74, 6) is 3.05. The molecule has 2 aliphatic rings. The van der Waals surface area contributed by atoms with Gasteiger partial charge < -0.3 is 0 Å². The van der Waals surface area contributed by atoms with Crippen LogP contribution in [0.25, 0.3) is 0 Å². The van der Waals surface area contributed by atoms with Crippen molar-refractivity contribution in [3.05, 3.63) is 11.6 Å². The van der Waals surface area contributed by atoms with E-state index in [-0.39, 0.29) is 0 Å². The maximum atomic E-state index is 2.66. The van der Waals surface area contributed by atoms with Crippen molar-refractivity contribution in [3.8, 4) is 0 Å². The first kappa shape index (κ1) is 16.1. The second kappa shape index (κ2) is 8.90. The number of allylic oxidation sites excluding steroid dienone is 2. The van der Waals surface area contributed by atoms with Gasteiger partial charge in [0.15, 0.2) is 0 Å². The summed E-state index contributed by atoms with van der Waals surface area (Å²) < 4.78 is 0. The summed E-state index contributed by atoms with van der Waals surface area (Å²) >= 11 is 0. The molecular formula is C20H36. The van der Waals surface area contributed by atoms with Gasteiger partial charge in [0.2, 0.25) is 0 Å². The van der Waals surface area contributed by atoms with Crippen molar-refractivity contribution in [2.75, 3.05) is 0 Å². The van der Waals surface area contributed by atoms with E-state index in [4.69, 9.17) is 0 Å². The van der Waals surface area contributed by atoms with Gasteiger partial charge in [0, 0.05) is 0 Å². The highest BCUT2D eigenvalue weighted by Crippen LogP contribution is 2.40. The average Bonchev–Trinajstić information content (AvgIpc) is 2.49. The lowest BCUT2D eigenvalue weighted by atomic mass is 9.73. The third-order valence-electron chi connectivity index (χ3n) is 5.84. The predicted molar refractivity (Wildman–Crippen MR) is 89.9 cm³/mol. The second-order valence-electron chi connectivity index (χ2n) is 7.42. The Balaban J connectivity index is 1.70. The van der Waals surface area contributed by atoms with Gasteiger partial charge in [-0.3, -0.25) is 0 Å². The van der Waals surface area contributed by atoms with E-state index in [0.29, 0.717) is 0 Å². The molecule has 0 radical (unpaired) electrons. The van der Waals surface area contributed by atoms with Gasteiger partial charge in [-0.25, -0.2) is 0 Å². The van der Waals surface area contributed by atoms with Crippen LogP contribution in [0.2, 0.25) is 0 Å². The molecule has 2 aliphatic carbocycles. The lowest BCUT2D eigenvalue weighted by Crippen LogP contribution is -2.18. The van der Waals surface area contributed by atoms with Gasteiger partial charge in [0.25, 0.3) is 0 Å². The van der Waals surface area contributed by atoms with Crippen LogP contribution in [-0.2, 0) is 0 Å². The largest absolute Gasteiger partial charge is 0.0848 e. The Morgan fingerprint density at radius 1 is 0.850 bits per heavy atom. The Labute approximate surface area is 127 Å². The first-order valence-electron chi connectivity index (χ1n) is 9.52. The standard InChI is InChI=1S/C20H36/c1-3-5-6-8-18-11-15-20(16-12-18)19-13-9-17(7-4-2)10-14-19/h15,17-19H,3-14,16H2,1-2H3. The van der Waals surface area contributed by atoms with Crippen LogP contribution in [0.1, 0.15) is 97.3 Å². The van der Waals surface area contributed by atoms with Crippen molar-refractivity contribution in [2.24, 2.45) is 17.8 Å². The molecule has 0 bridgehead atoms. The van der Waals surface area contributed by atoms with Crippen LogP contribution in [0.5, 0.6) is 0 Å². The first-order chi connectivity index (χ1) is 9.83. The van der Waals surface area contributed by atoms with Crippen LogP contribution in [0, 0.1) is 17.8 Å². The molecule has 0 saturated heterocycles. The van der Waals surface area contributed by atoms with Crippen LogP contribution in [0.3, 0.4) is 0 Å². The Morgan fingerprint density at radius 3 is 2.25 bits per heavy atom. The van der Waals surface area contributed by atoms with Crippen molar-refractivity contribution in [1.82, 2.24) is 0 Å². The highest BCUT2D eigenvalue weighted by Gasteiger charge is 2.25. The minimum Gasteiger partial charge on any atom is -0.0848 e. The normalized spacial score (nSPS) is 31.1. The minimum absolute atomic E-state index is 0.972. The van der Waals surface area contributed by atoms with Gasteiger partial charge in [-0.2, -0.15) is 0 Å². The Bertz CT molecular complexity index is 280. The highest BCUT2D eigenvalue weighted by molar-refractivity contribution is 5.11. The Kier molecular flexibility index (Phi) is 7.17. The zero-order valence-corrected chi connectivity index (χ0v) is 14.0. The smallest absolute Gasteiger partial charge is 0.0203 e. The van der Waals surface area contributed by atoms with E-state index in [2.05, 4.69) is 19.9 Å². The lowest BCUT2D eigenvalue weighted by molar-refractivity contribution is 0.275. The molecule has 0 amide bonds. The predicted octanol–water partition coefficient (Wildman–Crippen LogP) is 6.90. The SMILES string of the molecule is CCCCCC1CC=C(C2CCC(CCC)CC2)CC1. The molecule has 1 atom stereocenters. The molecule has 20 heavy (non-hydrogen) atoms. The summed E-state index contributed by atoms with van der Waals surface area (Å²) in [6.07, 6.45) is 21.6. The molecule has 0 aromatic rings. The van der Waals surface area contributed by atoms with Crippen LogP contribution < -0.4 is 0 Å². The van der Waals surface area contributed by atoms with Gasteiger partial charge in [0.1, 0.15) is 0 Å². The van der Waals surface area contributed by atoms with Gasteiger partial charge in [-0.1, -0.05) is 64.0 Å². The van der Waals surface area contributed by atoms with Crippen molar-refractivity contribution in [2.45, 2.75) is 97.3 Å². The van der Waals surface area contributed by atoms with Crippen molar-refractivity contribution in [3.63, 3.8) is 0 Å². The minimum atomic E-state index is 0.972. The van der Waals surface area contributed by atoms with E-state index in [1.165, 1.54) is 83.5 Å². The quantitative estimate of drug-likeness (QED) is 0.350. The molecule has 0 spiro atoms. The molecule has 0 aromatic carbocycles. The fraction of sp³-hybridized carbons (Fsp3) is 0.900. The van der Waals surface area contributed by atoms with E-state index in [9.17, 15) is 0 Å². The highest BCUT2D eigenvalue weighted by atomic mass is 14.3. The monoisotopic (exact) mass is 276 g/mol. The Morgan fingerprint density at radius 2 is 1.65 bits per heavy atom. The third kappa shape index (κ3) is 4.93. The fourth-order valence-corrected chi connectivity index (χ4v) is 4.45. The van der Waals surface area contributed by atoms with Crippen LogP contribution in [-0.4, -0.2) is 0 Å². The van der Waals surface area contributed by atoms with Crippen molar-refractivity contribution < 1.29 is 0 Å². The molecule has 2 rings (SSSR count). The molecule has 0 aliphatic heterocycles. The van der Waals surface area contributed by atoms with Crippen molar-refractivity contribution >= 4 is 0 Å². The summed E-state index contributed by atoms with van der Waals surface area (Å²) in [7, 11) is 0. The van der Waals surface area contributed by atoms with Crippen LogP contribution in [0.15, 0.2) is 11.6 Å². The van der Waals surface area contributed by atoms with Crippen molar-refractivity contribution in [1.29, 1.82) is 0 Å². The summed E-state index contributed by atoms with van der Waals surface area (Å²) in [6.45, 7) is 4.65. The second-order valence-corrected chi connectivity index (χ2v) is 7.42. The van der Waals surface area contributed by atoms with Crippen LogP contribution >= 0.6 is 0 Å². The van der Waals surface area contributed by atoms with E-state index in [1.54, 1.807) is 0 Å². The molecule has 1 fully saturated rings.